The Morgan fingerprint density at radius 1 is 0.750 bits per heavy atom. The summed E-state index contributed by atoms with van der Waals surface area (Å²) < 4.78 is 6.03. The van der Waals surface area contributed by atoms with Crippen molar-refractivity contribution in [3.8, 4) is 5.75 Å². The lowest BCUT2D eigenvalue weighted by atomic mass is 10.1. The molecular formula is C26H25NO. The molecule has 0 aromatic heterocycles. The van der Waals surface area contributed by atoms with E-state index < -0.39 is 0 Å². The molecule has 2 nitrogen and oxygen atoms in total. The van der Waals surface area contributed by atoms with Gasteiger partial charge in [0.25, 0.3) is 0 Å². The number of hydrogen-bond donors (Lipinski definition) is 1. The molecule has 4 aromatic carbocycles. The maximum atomic E-state index is 6.03. The first-order chi connectivity index (χ1) is 13.7. The third kappa shape index (κ3) is 4.01. The quantitative estimate of drug-likeness (QED) is 0.412. The van der Waals surface area contributed by atoms with Gasteiger partial charge < -0.3 is 10.1 Å². The molecule has 2 heteroatoms. The van der Waals surface area contributed by atoms with Gasteiger partial charge in [-0.15, -0.1) is 0 Å². The van der Waals surface area contributed by atoms with Crippen molar-refractivity contribution in [2.45, 2.75) is 27.0 Å². The summed E-state index contributed by atoms with van der Waals surface area (Å²) in [6.45, 7) is 5.67. The fraction of sp³-hybridized carbons (Fsp3) is 0.154. The lowest BCUT2D eigenvalue weighted by molar-refractivity contribution is 0.307. The normalized spacial score (nSPS) is 10.8. The summed E-state index contributed by atoms with van der Waals surface area (Å²) >= 11 is 0. The van der Waals surface area contributed by atoms with E-state index in [-0.39, 0.29) is 0 Å². The van der Waals surface area contributed by atoms with Crippen LogP contribution in [-0.2, 0) is 13.2 Å². The van der Waals surface area contributed by atoms with Crippen molar-refractivity contribution in [2.75, 3.05) is 5.32 Å². The summed E-state index contributed by atoms with van der Waals surface area (Å²) in [5.74, 6) is 0.892. The van der Waals surface area contributed by atoms with Crippen molar-refractivity contribution < 1.29 is 4.74 Å². The minimum absolute atomic E-state index is 0.571. The average molecular weight is 367 g/mol. The molecule has 140 valence electrons. The monoisotopic (exact) mass is 367 g/mol. The van der Waals surface area contributed by atoms with Gasteiger partial charge in [-0.2, -0.15) is 0 Å². The second kappa shape index (κ2) is 8.18. The van der Waals surface area contributed by atoms with E-state index in [1.54, 1.807) is 0 Å². The third-order valence-electron chi connectivity index (χ3n) is 5.29. The first-order valence-electron chi connectivity index (χ1n) is 9.69. The predicted molar refractivity (Wildman–Crippen MR) is 118 cm³/mol. The van der Waals surface area contributed by atoms with Gasteiger partial charge in [-0.1, -0.05) is 66.7 Å². The van der Waals surface area contributed by atoms with E-state index in [1.807, 2.05) is 12.1 Å². The van der Waals surface area contributed by atoms with E-state index >= 15 is 0 Å². The number of hydrogen-bond acceptors (Lipinski definition) is 2. The topological polar surface area (TPSA) is 21.3 Å². The SMILES string of the molecule is Cc1cccc(NCc2ccc(OCc3cccc4ccccc34)cc2)c1C. The molecule has 0 amide bonds. The van der Waals surface area contributed by atoms with Crippen LogP contribution in [0, 0.1) is 13.8 Å². The van der Waals surface area contributed by atoms with Gasteiger partial charge in [-0.05, 0) is 65.1 Å². The van der Waals surface area contributed by atoms with Gasteiger partial charge in [0.15, 0.2) is 0 Å². The first-order valence-corrected chi connectivity index (χ1v) is 9.69. The van der Waals surface area contributed by atoms with Crippen LogP contribution in [0.25, 0.3) is 10.8 Å². The number of benzene rings is 4. The summed E-state index contributed by atoms with van der Waals surface area (Å²) in [6, 6.07) is 29.5. The van der Waals surface area contributed by atoms with E-state index in [0.717, 1.165) is 12.3 Å². The van der Waals surface area contributed by atoms with Crippen LogP contribution in [0.5, 0.6) is 5.75 Å². The zero-order valence-electron chi connectivity index (χ0n) is 16.4. The van der Waals surface area contributed by atoms with Crippen LogP contribution in [0.4, 0.5) is 5.69 Å². The summed E-state index contributed by atoms with van der Waals surface area (Å²) in [5.41, 5.74) is 6.24. The number of anilines is 1. The van der Waals surface area contributed by atoms with E-state index in [2.05, 4.69) is 92.0 Å². The van der Waals surface area contributed by atoms with Gasteiger partial charge in [-0.3, -0.25) is 0 Å². The second-order valence-electron chi connectivity index (χ2n) is 7.17. The highest BCUT2D eigenvalue weighted by atomic mass is 16.5. The van der Waals surface area contributed by atoms with Crippen LogP contribution in [0.3, 0.4) is 0 Å². The summed E-state index contributed by atoms with van der Waals surface area (Å²) in [7, 11) is 0. The van der Waals surface area contributed by atoms with E-state index in [1.165, 1.54) is 38.7 Å². The largest absolute Gasteiger partial charge is 0.489 e. The zero-order chi connectivity index (χ0) is 19.3. The van der Waals surface area contributed by atoms with Gasteiger partial charge in [0.2, 0.25) is 0 Å². The summed E-state index contributed by atoms with van der Waals surface area (Å²) in [4.78, 5) is 0. The molecule has 0 fully saturated rings. The van der Waals surface area contributed by atoms with Crippen LogP contribution in [-0.4, -0.2) is 0 Å². The average Bonchev–Trinajstić information content (AvgIpc) is 2.74. The van der Waals surface area contributed by atoms with Crippen molar-refractivity contribution in [1.82, 2.24) is 0 Å². The predicted octanol–water partition coefficient (Wildman–Crippen LogP) is 6.65. The number of aryl methyl sites for hydroxylation is 1. The smallest absolute Gasteiger partial charge is 0.119 e. The van der Waals surface area contributed by atoms with E-state index in [0.29, 0.717) is 6.61 Å². The maximum absolute atomic E-state index is 6.03. The standard InChI is InChI=1S/C26H25NO/c1-19-7-5-12-26(20(19)2)27-17-21-13-15-24(16-14-21)28-18-23-10-6-9-22-8-3-4-11-25(22)23/h3-16,27H,17-18H2,1-2H3. The Morgan fingerprint density at radius 2 is 1.50 bits per heavy atom. The molecule has 0 aliphatic heterocycles. The highest BCUT2D eigenvalue weighted by Crippen LogP contribution is 2.22. The molecular weight excluding hydrogens is 342 g/mol. The number of nitrogens with one attached hydrogen (secondary N) is 1. The van der Waals surface area contributed by atoms with Crippen LogP contribution in [0.1, 0.15) is 22.3 Å². The Kier molecular flexibility index (Phi) is 5.29. The molecule has 4 rings (SSSR count). The number of ether oxygens (including phenoxy) is 1. The molecule has 0 atom stereocenters. The molecule has 1 N–H and O–H groups in total. The van der Waals surface area contributed by atoms with Crippen molar-refractivity contribution in [2.24, 2.45) is 0 Å². The Labute approximate surface area is 166 Å². The van der Waals surface area contributed by atoms with Crippen molar-refractivity contribution in [3.63, 3.8) is 0 Å². The maximum Gasteiger partial charge on any atom is 0.119 e. The fourth-order valence-electron chi connectivity index (χ4n) is 3.42. The van der Waals surface area contributed by atoms with Crippen LogP contribution in [0.15, 0.2) is 84.9 Å². The molecule has 28 heavy (non-hydrogen) atoms. The Balaban J connectivity index is 1.39. The van der Waals surface area contributed by atoms with Gasteiger partial charge in [0, 0.05) is 12.2 Å². The molecule has 0 aliphatic rings. The summed E-state index contributed by atoms with van der Waals surface area (Å²) in [5, 5.41) is 6.02. The highest BCUT2D eigenvalue weighted by Gasteiger charge is 2.03. The highest BCUT2D eigenvalue weighted by molar-refractivity contribution is 5.85. The molecule has 0 heterocycles. The Hall–Kier alpha value is -3.26. The van der Waals surface area contributed by atoms with E-state index in [9.17, 15) is 0 Å². The molecule has 4 aromatic rings. The molecule has 0 unspecified atom stereocenters. The van der Waals surface area contributed by atoms with E-state index in [4.69, 9.17) is 4.74 Å². The molecule has 0 bridgehead atoms. The first kappa shape index (κ1) is 18.1. The molecule has 0 aliphatic carbocycles. The molecule has 0 spiro atoms. The molecule has 0 radical (unpaired) electrons. The molecule has 0 saturated heterocycles. The second-order valence-corrected chi connectivity index (χ2v) is 7.17. The van der Waals surface area contributed by atoms with Gasteiger partial charge in [0.1, 0.15) is 12.4 Å². The number of fused-ring (bicyclic) bond motifs is 1. The Morgan fingerprint density at radius 3 is 2.36 bits per heavy atom. The molecule has 0 saturated carbocycles. The minimum Gasteiger partial charge on any atom is -0.489 e. The number of rotatable bonds is 6. The minimum atomic E-state index is 0.571. The van der Waals surface area contributed by atoms with Gasteiger partial charge in [0.05, 0.1) is 0 Å². The lowest BCUT2D eigenvalue weighted by Gasteiger charge is -2.12. The van der Waals surface area contributed by atoms with Crippen LogP contribution < -0.4 is 10.1 Å². The van der Waals surface area contributed by atoms with Gasteiger partial charge in [-0.25, -0.2) is 0 Å². The van der Waals surface area contributed by atoms with Crippen molar-refractivity contribution in [3.05, 3.63) is 107 Å². The van der Waals surface area contributed by atoms with Crippen molar-refractivity contribution in [1.29, 1.82) is 0 Å². The Bertz CT molecular complexity index is 1080. The third-order valence-corrected chi connectivity index (χ3v) is 5.29. The lowest BCUT2D eigenvalue weighted by Crippen LogP contribution is -2.02. The summed E-state index contributed by atoms with van der Waals surface area (Å²) in [6.07, 6.45) is 0. The van der Waals surface area contributed by atoms with Crippen molar-refractivity contribution >= 4 is 16.5 Å². The van der Waals surface area contributed by atoms with Crippen LogP contribution in [0.2, 0.25) is 0 Å². The van der Waals surface area contributed by atoms with Gasteiger partial charge >= 0.3 is 0 Å². The fourth-order valence-corrected chi connectivity index (χ4v) is 3.42. The van der Waals surface area contributed by atoms with Crippen LogP contribution >= 0.6 is 0 Å². The zero-order valence-corrected chi connectivity index (χ0v) is 16.4.